The first-order valence-electron chi connectivity index (χ1n) is 8.46. The van der Waals surface area contributed by atoms with Crippen LogP contribution in [0, 0.1) is 0 Å². The molecule has 136 valence electrons. The van der Waals surface area contributed by atoms with E-state index in [1.807, 2.05) is 13.0 Å². The van der Waals surface area contributed by atoms with E-state index < -0.39 is 10.0 Å². The van der Waals surface area contributed by atoms with E-state index in [0.29, 0.717) is 23.0 Å². The number of benzene rings is 1. The Morgan fingerprint density at radius 2 is 1.83 bits per heavy atom. The molecule has 0 saturated heterocycles. The lowest BCUT2D eigenvalue weighted by Gasteiger charge is -2.15. The monoisotopic (exact) mass is 354 g/mol. The van der Waals surface area contributed by atoms with Gasteiger partial charge in [0, 0.05) is 27.2 Å². The predicted octanol–water partition coefficient (Wildman–Crippen LogP) is 2.18. The third-order valence-electron chi connectivity index (χ3n) is 3.56. The molecular formula is C17H30N4O2S. The van der Waals surface area contributed by atoms with Crippen LogP contribution in [-0.4, -0.2) is 45.9 Å². The zero-order valence-corrected chi connectivity index (χ0v) is 16.0. The number of hydrogen-bond acceptors (Lipinski definition) is 3. The largest absolute Gasteiger partial charge is 0.357 e. The summed E-state index contributed by atoms with van der Waals surface area (Å²) in [7, 11) is -0.396. The van der Waals surface area contributed by atoms with Gasteiger partial charge in [-0.05, 0) is 25.0 Å². The van der Waals surface area contributed by atoms with Gasteiger partial charge < -0.3 is 10.6 Å². The van der Waals surface area contributed by atoms with Crippen molar-refractivity contribution in [2.24, 2.45) is 4.99 Å². The Morgan fingerprint density at radius 1 is 1.12 bits per heavy atom. The van der Waals surface area contributed by atoms with Gasteiger partial charge in [-0.1, -0.05) is 38.0 Å². The molecule has 2 N–H and O–H groups in total. The van der Waals surface area contributed by atoms with E-state index in [1.54, 1.807) is 18.2 Å². The summed E-state index contributed by atoms with van der Waals surface area (Å²) in [6.07, 6.45) is 3.44. The Labute approximate surface area is 146 Å². The minimum atomic E-state index is -3.47. The summed E-state index contributed by atoms with van der Waals surface area (Å²) in [5, 5.41) is 6.48. The zero-order chi connectivity index (χ0) is 18.0. The number of unbranched alkanes of at least 4 members (excludes halogenated alkanes) is 2. The maximum atomic E-state index is 12.4. The van der Waals surface area contributed by atoms with Crippen LogP contribution in [0.4, 0.5) is 0 Å². The molecule has 24 heavy (non-hydrogen) atoms. The zero-order valence-electron chi connectivity index (χ0n) is 15.2. The minimum Gasteiger partial charge on any atom is -0.357 e. The fraction of sp³-hybridized carbons (Fsp3) is 0.588. The van der Waals surface area contributed by atoms with Gasteiger partial charge in [0.1, 0.15) is 0 Å². The molecule has 7 heteroatoms. The van der Waals surface area contributed by atoms with Crippen LogP contribution in [0.15, 0.2) is 34.2 Å². The van der Waals surface area contributed by atoms with Crippen molar-refractivity contribution in [2.75, 3.05) is 27.2 Å². The molecule has 0 amide bonds. The third kappa shape index (κ3) is 6.13. The summed E-state index contributed by atoms with van der Waals surface area (Å²) in [4.78, 5) is 4.83. The van der Waals surface area contributed by atoms with Gasteiger partial charge in [-0.25, -0.2) is 17.7 Å². The molecule has 0 radical (unpaired) electrons. The number of nitrogens with zero attached hydrogens (tertiary/aromatic N) is 2. The lowest BCUT2D eigenvalue weighted by molar-refractivity contribution is 0.519. The fourth-order valence-electron chi connectivity index (χ4n) is 2.17. The summed E-state index contributed by atoms with van der Waals surface area (Å²) in [5.74, 6) is 0.714. The summed E-state index contributed by atoms with van der Waals surface area (Å²) < 4.78 is 26.1. The Kier molecular flexibility index (Phi) is 8.78. The van der Waals surface area contributed by atoms with Crippen LogP contribution in [0.2, 0.25) is 0 Å². The van der Waals surface area contributed by atoms with Crippen molar-refractivity contribution >= 4 is 16.0 Å². The van der Waals surface area contributed by atoms with Gasteiger partial charge in [-0.15, -0.1) is 0 Å². The van der Waals surface area contributed by atoms with Crippen LogP contribution >= 0.6 is 0 Å². The molecule has 1 aromatic rings. The normalized spacial score (nSPS) is 12.5. The molecular weight excluding hydrogens is 324 g/mol. The highest BCUT2D eigenvalue weighted by Gasteiger charge is 2.20. The molecule has 0 atom stereocenters. The quantitative estimate of drug-likeness (QED) is 0.405. The Balaban J connectivity index is 2.90. The predicted molar refractivity (Wildman–Crippen MR) is 99.7 cm³/mol. The molecule has 0 spiro atoms. The van der Waals surface area contributed by atoms with Crippen LogP contribution in [-0.2, 0) is 16.6 Å². The van der Waals surface area contributed by atoms with Gasteiger partial charge >= 0.3 is 0 Å². The smallest absolute Gasteiger partial charge is 0.242 e. The number of guanidine groups is 1. The first-order valence-corrected chi connectivity index (χ1v) is 9.90. The van der Waals surface area contributed by atoms with E-state index in [9.17, 15) is 8.42 Å². The maximum absolute atomic E-state index is 12.4. The molecule has 0 fully saturated rings. The first kappa shape index (κ1) is 20.4. The summed E-state index contributed by atoms with van der Waals surface area (Å²) in [5.41, 5.74) is 0.692. The average molecular weight is 355 g/mol. The number of rotatable bonds is 9. The standard InChI is InChI=1S/C17H30N4O2S/c1-5-7-10-13-19-17(18-6-2)20-14-15-11-8-9-12-16(15)24(22,23)21(3)4/h8-9,11-12H,5-7,10,13-14H2,1-4H3,(H2,18,19,20). The lowest BCUT2D eigenvalue weighted by Crippen LogP contribution is -2.37. The average Bonchev–Trinajstić information content (AvgIpc) is 2.56. The lowest BCUT2D eigenvalue weighted by atomic mass is 10.2. The van der Waals surface area contributed by atoms with Crippen molar-refractivity contribution in [3.05, 3.63) is 29.8 Å². The topological polar surface area (TPSA) is 73.8 Å². The highest BCUT2D eigenvalue weighted by molar-refractivity contribution is 7.89. The van der Waals surface area contributed by atoms with E-state index in [0.717, 1.165) is 19.5 Å². The molecule has 1 rings (SSSR count). The van der Waals surface area contributed by atoms with Crippen LogP contribution in [0.3, 0.4) is 0 Å². The van der Waals surface area contributed by atoms with Crippen molar-refractivity contribution < 1.29 is 8.42 Å². The van der Waals surface area contributed by atoms with E-state index in [2.05, 4.69) is 22.5 Å². The summed E-state index contributed by atoms with van der Waals surface area (Å²) in [6.45, 7) is 6.11. The van der Waals surface area contributed by atoms with E-state index >= 15 is 0 Å². The van der Waals surface area contributed by atoms with Crippen molar-refractivity contribution in [3.8, 4) is 0 Å². The van der Waals surface area contributed by atoms with Gasteiger partial charge in [0.05, 0.1) is 11.4 Å². The Morgan fingerprint density at radius 3 is 2.46 bits per heavy atom. The van der Waals surface area contributed by atoms with E-state index in [-0.39, 0.29) is 0 Å². The number of nitrogens with one attached hydrogen (secondary N) is 2. The highest BCUT2D eigenvalue weighted by Crippen LogP contribution is 2.19. The van der Waals surface area contributed by atoms with Gasteiger partial charge in [0.15, 0.2) is 5.96 Å². The summed E-state index contributed by atoms with van der Waals surface area (Å²) in [6, 6.07) is 7.00. The number of hydrogen-bond donors (Lipinski definition) is 2. The highest BCUT2D eigenvalue weighted by atomic mass is 32.2. The second kappa shape index (κ2) is 10.3. The van der Waals surface area contributed by atoms with E-state index in [1.165, 1.54) is 31.2 Å². The fourth-order valence-corrected chi connectivity index (χ4v) is 3.28. The van der Waals surface area contributed by atoms with Gasteiger partial charge in [-0.3, -0.25) is 0 Å². The molecule has 1 aromatic carbocycles. The van der Waals surface area contributed by atoms with Gasteiger partial charge in [0.2, 0.25) is 10.0 Å². The first-order chi connectivity index (χ1) is 11.4. The molecule has 0 aromatic heterocycles. The van der Waals surface area contributed by atoms with Crippen LogP contribution in [0.5, 0.6) is 0 Å². The molecule has 0 aliphatic carbocycles. The molecule has 0 aliphatic heterocycles. The van der Waals surface area contributed by atoms with Crippen molar-refractivity contribution in [1.29, 1.82) is 0 Å². The second-order valence-corrected chi connectivity index (χ2v) is 7.84. The molecule has 0 aliphatic rings. The van der Waals surface area contributed by atoms with Gasteiger partial charge in [-0.2, -0.15) is 0 Å². The molecule has 0 saturated carbocycles. The van der Waals surface area contributed by atoms with Crippen LogP contribution < -0.4 is 10.6 Å². The maximum Gasteiger partial charge on any atom is 0.242 e. The third-order valence-corrected chi connectivity index (χ3v) is 5.47. The second-order valence-electron chi connectivity index (χ2n) is 5.72. The number of sulfonamides is 1. The van der Waals surface area contributed by atoms with E-state index in [4.69, 9.17) is 0 Å². The Bertz CT molecular complexity index is 627. The summed E-state index contributed by atoms with van der Waals surface area (Å²) >= 11 is 0. The van der Waals surface area contributed by atoms with Crippen LogP contribution in [0.1, 0.15) is 38.7 Å². The van der Waals surface area contributed by atoms with Crippen molar-refractivity contribution in [3.63, 3.8) is 0 Å². The molecule has 0 bridgehead atoms. The Hall–Kier alpha value is -1.60. The van der Waals surface area contributed by atoms with Crippen molar-refractivity contribution in [1.82, 2.24) is 14.9 Å². The van der Waals surface area contributed by atoms with Gasteiger partial charge in [0.25, 0.3) is 0 Å². The number of aliphatic imine (C=N–C) groups is 1. The molecule has 0 heterocycles. The minimum absolute atomic E-state index is 0.306. The SMILES string of the molecule is CCCCCNC(=NCc1ccccc1S(=O)(=O)N(C)C)NCC. The molecule has 6 nitrogen and oxygen atoms in total. The molecule has 0 unspecified atom stereocenters. The van der Waals surface area contributed by atoms with Crippen LogP contribution in [0.25, 0.3) is 0 Å². The van der Waals surface area contributed by atoms with Crippen molar-refractivity contribution in [2.45, 2.75) is 44.6 Å².